The summed E-state index contributed by atoms with van der Waals surface area (Å²) < 4.78 is 0. The van der Waals surface area contributed by atoms with Crippen molar-refractivity contribution >= 4 is 5.69 Å². The molecule has 3 nitrogen and oxygen atoms in total. The van der Waals surface area contributed by atoms with Crippen molar-refractivity contribution in [2.24, 2.45) is 5.92 Å². The predicted octanol–water partition coefficient (Wildman–Crippen LogP) is 2.00. The smallest absolute Gasteiger partial charge is 0.0468 e. The summed E-state index contributed by atoms with van der Waals surface area (Å²) in [6.07, 6.45) is 2.62. The van der Waals surface area contributed by atoms with Crippen LogP contribution in [0.4, 0.5) is 5.69 Å². The van der Waals surface area contributed by atoms with Crippen molar-refractivity contribution in [2.75, 3.05) is 31.1 Å². The lowest BCUT2D eigenvalue weighted by Crippen LogP contribution is -2.25. The largest absolute Gasteiger partial charge is 0.396 e. The SMILES string of the molecule is CC(CO)CNCc1ccccc1N1CCCC1. The zero-order chi connectivity index (χ0) is 12.8. The van der Waals surface area contributed by atoms with E-state index in [0.29, 0.717) is 5.92 Å². The number of para-hydroxylation sites is 1. The molecule has 1 aliphatic heterocycles. The number of aliphatic hydroxyl groups is 1. The molecule has 0 radical (unpaired) electrons. The number of hydrogen-bond donors (Lipinski definition) is 2. The Kier molecular flexibility index (Phi) is 5.02. The van der Waals surface area contributed by atoms with Crippen LogP contribution in [0.5, 0.6) is 0 Å². The fraction of sp³-hybridized carbons (Fsp3) is 0.600. The van der Waals surface area contributed by atoms with E-state index in [4.69, 9.17) is 5.11 Å². The molecule has 1 aromatic rings. The lowest BCUT2D eigenvalue weighted by molar-refractivity contribution is 0.233. The van der Waals surface area contributed by atoms with E-state index in [2.05, 4.69) is 41.4 Å². The number of benzene rings is 1. The van der Waals surface area contributed by atoms with Crippen LogP contribution in [0.15, 0.2) is 24.3 Å². The Morgan fingerprint density at radius 1 is 1.28 bits per heavy atom. The van der Waals surface area contributed by atoms with Crippen molar-refractivity contribution in [1.29, 1.82) is 0 Å². The zero-order valence-electron chi connectivity index (χ0n) is 11.2. The van der Waals surface area contributed by atoms with Crippen LogP contribution >= 0.6 is 0 Å². The van der Waals surface area contributed by atoms with Gasteiger partial charge in [-0.1, -0.05) is 25.1 Å². The van der Waals surface area contributed by atoms with Gasteiger partial charge in [0, 0.05) is 38.5 Å². The maximum atomic E-state index is 9.01. The summed E-state index contributed by atoms with van der Waals surface area (Å²) in [5.74, 6) is 0.323. The van der Waals surface area contributed by atoms with Gasteiger partial charge in [-0.15, -0.1) is 0 Å². The Morgan fingerprint density at radius 2 is 2.00 bits per heavy atom. The molecule has 1 fully saturated rings. The molecular formula is C15H24N2O. The van der Waals surface area contributed by atoms with Gasteiger partial charge in [-0.25, -0.2) is 0 Å². The molecular weight excluding hydrogens is 224 g/mol. The predicted molar refractivity (Wildman–Crippen MR) is 75.8 cm³/mol. The highest BCUT2D eigenvalue weighted by Gasteiger charge is 2.14. The lowest BCUT2D eigenvalue weighted by atomic mass is 10.1. The van der Waals surface area contributed by atoms with Crippen LogP contribution < -0.4 is 10.2 Å². The number of nitrogens with one attached hydrogen (secondary N) is 1. The van der Waals surface area contributed by atoms with Gasteiger partial charge in [-0.05, 0) is 30.4 Å². The van der Waals surface area contributed by atoms with E-state index < -0.39 is 0 Å². The molecule has 1 aliphatic rings. The molecule has 1 atom stereocenters. The fourth-order valence-electron chi connectivity index (χ4n) is 2.44. The van der Waals surface area contributed by atoms with Gasteiger partial charge in [-0.3, -0.25) is 0 Å². The quantitative estimate of drug-likeness (QED) is 0.808. The van der Waals surface area contributed by atoms with Crippen molar-refractivity contribution in [3.05, 3.63) is 29.8 Å². The fourth-order valence-corrected chi connectivity index (χ4v) is 2.44. The minimum atomic E-state index is 0.251. The Balaban J connectivity index is 1.94. The first kappa shape index (κ1) is 13.4. The Bertz CT molecular complexity index is 361. The maximum absolute atomic E-state index is 9.01. The normalized spacial score (nSPS) is 17.1. The second-order valence-electron chi connectivity index (χ2n) is 5.24. The third-order valence-corrected chi connectivity index (χ3v) is 3.56. The Morgan fingerprint density at radius 3 is 2.72 bits per heavy atom. The van der Waals surface area contributed by atoms with Crippen molar-refractivity contribution in [3.8, 4) is 0 Å². The minimum absolute atomic E-state index is 0.251. The van der Waals surface area contributed by atoms with E-state index >= 15 is 0 Å². The average molecular weight is 248 g/mol. The van der Waals surface area contributed by atoms with E-state index in [9.17, 15) is 0 Å². The van der Waals surface area contributed by atoms with Crippen LogP contribution in [0.3, 0.4) is 0 Å². The molecule has 0 spiro atoms. The van der Waals surface area contributed by atoms with Crippen LogP contribution in [0.25, 0.3) is 0 Å². The average Bonchev–Trinajstić information content (AvgIpc) is 2.93. The summed E-state index contributed by atoms with van der Waals surface area (Å²) in [6, 6.07) is 8.64. The summed E-state index contributed by atoms with van der Waals surface area (Å²) in [5.41, 5.74) is 2.74. The number of rotatable bonds is 6. The molecule has 2 N–H and O–H groups in total. The van der Waals surface area contributed by atoms with Crippen LogP contribution in [0.1, 0.15) is 25.3 Å². The Labute approximate surface area is 110 Å². The van der Waals surface area contributed by atoms with Gasteiger partial charge in [-0.2, -0.15) is 0 Å². The molecule has 1 heterocycles. The van der Waals surface area contributed by atoms with Crippen molar-refractivity contribution < 1.29 is 5.11 Å². The first-order valence-electron chi connectivity index (χ1n) is 6.95. The van der Waals surface area contributed by atoms with Gasteiger partial charge < -0.3 is 15.3 Å². The molecule has 100 valence electrons. The van der Waals surface area contributed by atoms with Crippen LogP contribution in [-0.4, -0.2) is 31.3 Å². The molecule has 0 saturated carbocycles. The summed E-state index contributed by atoms with van der Waals surface area (Å²) in [5, 5.41) is 12.4. The highest BCUT2D eigenvalue weighted by Crippen LogP contribution is 2.24. The molecule has 1 saturated heterocycles. The van der Waals surface area contributed by atoms with E-state index in [1.807, 2.05) is 0 Å². The van der Waals surface area contributed by atoms with Crippen LogP contribution in [-0.2, 0) is 6.54 Å². The Hall–Kier alpha value is -1.06. The van der Waals surface area contributed by atoms with Crippen molar-refractivity contribution in [3.63, 3.8) is 0 Å². The maximum Gasteiger partial charge on any atom is 0.0468 e. The van der Waals surface area contributed by atoms with E-state index in [1.165, 1.54) is 37.2 Å². The standard InChI is InChI=1S/C15H24N2O/c1-13(12-18)10-16-11-14-6-2-3-7-15(14)17-8-4-5-9-17/h2-3,6-7,13,16,18H,4-5,8-12H2,1H3. The second kappa shape index (κ2) is 6.76. The first-order chi connectivity index (χ1) is 8.81. The molecule has 0 bridgehead atoms. The molecule has 0 aromatic heterocycles. The molecule has 3 heteroatoms. The summed E-state index contributed by atoms with van der Waals surface area (Å²) >= 11 is 0. The first-order valence-corrected chi connectivity index (χ1v) is 6.95. The van der Waals surface area contributed by atoms with Crippen molar-refractivity contribution in [2.45, 2.75) is 26.3 Å². The topological polar surface area (TPSA) is 35.5 Å². The van der Waals surface area contributed by atoms with E-state index in [1.54, 1.807) is 0 Å². The summed E-state index contributed by atoms with van der Waals surface area (Å²) in [7, 11) is 0. The van der Waals surface area contributed by atoms with Crippen LogP contribution in [0, 0.1) is 5.92 Å². The number of hydrogen-bond acceptors (Lipinski definition) is 3. The van der Waals surface area contributed by atoms with Gasteiger partial charge in [0.25, 0.3) is 0 Å². The van der Waals surface area contributed by atoms with Gasteiger partial charge in [0.2, 0.25) is 0 Å². The van der Waals surface area contributed by atoms with Crippen molar-refractivity contribution in [1.82, 2.24) is 5.32 Å². The van der Waals surface area contributed by atoms with Gasteiger partial charge in [0.1, 0.15) is 0 Å². The molecule has 2 rings (SSSR count). The second-order valence-corrected chi connectivity index (χ2v) is 5.24. The van der Waals surface area contributed by atoms with Crippen LogP contribution in [0.2, 0.25) is 0 Å². The van der Waals surface area contributed by atoms with Gasteiger partial charge in [0.15, 0.2) is 0 Å². The molecule has 1 aromatic carbocycles. The molecule has 0 aliphatic carbocycles. The highest BCUT2D eigenvalue weighted by atomic mass is 16.3. The zero-order valence-corrected chi connectivity index (χ0v) is 11.2. The highest BCUT2D eigenvalue weighted by molar-refractivity contribution is 5.54. The monoisotopic (exact) mass is 248 g/mol. The third kappa shape index (κ3) is 3.47. The van der Waals surface area contributed by atoms with Gasteiger partial charge in [0.05, 0.1) is 0 Å². The number of anilines is 1. The van der Waals surface area contributed by atoms with E-state index in [-0.39, 0.29) is 6.61 Å². The molecule has 0 amide bonds. The van der Waals surface area contributed by atoms with Gasteiger partial charge >= 0.3 is 0 Å². The number of nitrogens with zero attached hydrogens (tertiary/aromatic N) is 1. The third-order valence-electron chi connectivity index (χ3n) is 3.56. The lowest BCUT2D eigenvalue weighted by Gasteiger charge is -2.22. The molecule has 1 unspecified atom stereocenters. The summed E-state index contributed by atoms with van der Waals surface area (Å²) in [6.45, 7) is 6.43. The van der Waals surface area contributed by atoms with E-state index in [0.717, 1.165) is 13.1 Å². The summed E-state index contributed by atoms with van der Waals surface area (Å²) in [4.78, 5) is 2.48. The minimum Gasteiger partial charge on any atom is -0.396 e. The molecule has 18 heavy (non-hydrogen) atoms. The number of aliphatic hydroxyl groups excluding tert-OH is 1.